The van der Waals surface area contributed by atoms with Gasteiger partial charge in [-0.05, 0) is 36.9 Å². The average Bonchev–Trinajstić information content (AvgIpc) is 3.03. The Labute approximate surface area is 189 Å². The van der Waals surface area contributed by atoms with Gasteiger partial charge in [0.25, 0.3) is 5.69 Å². The maximum Gasteiger partial charge on any atom is 0.449 e. The van der Waals surface area contributed by atoms with E-state index in [0.29, 0.717) is 16.3 Å². The molecule has 1 amide bonds. The van der Waals surface area contributed by atoms with Crippen LogP contribution in [-0.4, -0.2) is 38.1 Å². The van der Waals surface area contributed by atoms with Gasteiger partial charge < -0.3 is 0 Å². The van der Waals surface area contributed by atoms with Gasteiger partial charge in [-0.25, -0.2) is 14.3 Å². The molecule has 0 radical (unpaired) electrons. The third kappa shape index (κ3) is 5.71. The van der Waals surface area contributed by atoms with Crippen LogP contribution in [0.5, 0.6) is 0 Å². The molecule has 0 saturated heterocycles. The van der Waals surface area contributed by atoms with Crippen LogP contribution in [0.25, 0.3) is 11.0 Å². The van der Waals surface area contributed by atoms with E-state index in [-0.39, 0.29) is 6.54 Å². The summed E-state index contributed by atoms with van der Waals surface area (Å²) in [6.45, 7) is 1.52. The number of rotatable bonds is 5. The SMILES string of the molecule is CCN(C(=O)n1c(SC(F)(F)F)nc2c([N+](=O)[O-])cc(SC(F)(F)F)cc21)c1ccccc1. The number of hydrogen-bond donors (Lipinski definition) is 0. The Morgan fingerprint density at radius 3 is 2.21 bits per heavy atom. The normalized spacial score (nSPS) is 12.2. The van der Waals surface area contributed by atoms with Crippen molar-refractivity contribution < 1.29 is 36.1 Å². The summed E-state index contributed by atoms with van der Waals surface area (Å²) in [5.41, 5.74) is -11.6. The number of imidazole rings is 1. The predicted molar refractivity (Wildman–Crippen MR) is 110 cm³/mol. The first kappa shape index (κ1) is 24.7. The van der Waals surface area contributed by atoms with Crippen molar-refractivity contribution in [1.82, 2.24) is 9.55 Å². The lowest BCUT2D eigenvalue weighted by molar-refractivity contribution is -0.383. The number of benzene rings is 2. The van der Waals surface area contributed by atoms with Gasteiger partial charge in [0.05, 0.1) is 10.4 Å². The van der Waals surface area contributed by atoms with Gasteiger partial charge >= 0.3 is 17.0 Å². The maximum atomic E-state index is 13.3. The number of para-hydroxylation sites is 1. The fourth-order valence-electron chi connectivity index (χ4n) is 2.96. The van der Waals surface area contributed by atoms with Crippen LogP contribution in [0, 0.1) is 10.1 Å². The quantitative estimate of drug-likeness (QED) is 0.165. The van der Waals surface area contributed by atoms with Crippen LogP contribution < -0.4 is 4.90 Å². The van der Waals surface area contributed by atoms with E-state index < -0.39 is 72.3 Å². The van der Waals surface area contributed by atoms with Crippen LogP contribution in [0.15, 0.2) is 52.5 Å². The molecule has 0 bridgehead atoms. The fourth-order valence-corrected chi connectivity index (χ4v) is 4.18. The van der Waals surface area contributed by atoms with Crippen molar-refractivity contribution >= 4 is 52.0 Å². The zero-order valence-corrected chi connectivity index (χ0v) is 18.0. The number of anilines is 1. The van der Waals surface area contributed by atoms with E-state index in [9.17, 15) is 41.3 Å². The van der Waals surface area contributed by atoms with E-state index in [1.54, 1.807) is 18.2 Å². The number of nitro benzene ring substituents is 1. The molecule has 0 aliphatic rings. The minimum Gasteiger partial charge on any atom is -0.294 e. The third-order valence-corrected chi connectivity index (χ3v) is 5.52. The molecule has 0 aliphatic heterocycles. The molecular weight excluding hydrogens is 498 g/mol. The van der Waals surface area contributed by atoms with Crippen LogP contribution in [0.2, 0.25) is 0 Å². The summed E-state index contributed by atoms with van der Waals surface area (Å²) in [6.07, 6.45) is 0. The lowest BCUT2D eigenvalue weighted by Gasteiger charge is -2.22. The van der Waals surface area contributed by atoms with Gasteiger partial charge in [0.15, 0.2) is 10.7 Å². The minimum atomic E-state index is -4.93. The fraction of sp³-hybridized carbons (Fsp3) is 0.222. The molecule has 7 nitrogen and oxygen atoms in total. The molecule has 0 spiro atoms. The number of nitro groups is 1. The Kier molecular flexibility index (Phi) is 6.83. The monoisotopic (exact) mass is 510 g/mol. The maximum absolute atomic E-state index is 13.3. The molecular formula is C18H12F6N4O3S2. The van der Waals surface area contributed by atoms with Crippen molar-refractivity contribution in [1.29, 1.82) is 0 Å². The number of aromatic nitrogens is 2. The van der Waals surface area contributed by atoms with Crippen molar-refractivity contribution in [3.63, 3.8) is 0 Å². The molecule has 2 aromatic carbocycles. The summed E-state index contributed by atoms with van der Waals surface area (Å²) < 4.78 is 78.7. The number of carbonyl (C=O) groups excluding carboxylic acids is 1. The number of amides is 1. The molecule has 3 rings (SSSR count). The van der Waals surface area contributed by atoms with E-state index in [0.717, 1.165) is 11.0 Å². The molecule has 0 aliphatic carbocycles. The Morgan fingerprint density at radius 1 is 1.09 bits per heavy atom. The molecule has 0 saturated carbocycles. The number of hydrogen-bond acceptors (Lipinski definition) is 6. The van der Waals surface area contributed by atoms with Gasteiger partial charge in [-0.2, -0.15) is 26.3 Å². The Bertz CT molecular complexity index is 1200. The number of nitrogens with zero attached hydrogens (tertiary/aromatic N) is 4. The van der Waals surface area contributed by atoms with Gasteiger partial charge in [0.2, 0.25) is 0 Å². The Balaban J connectivity index is 2.30. The second-order valence-corrected chi connectivity index (χ2v) is 8.43. The van der Waals surface area contributed by atoms with Crippen LogP contribution in [0.1, 0.15) is 6.92 Å². The number of fused-ring (bicyclic) bond motifs is 1. The lowest BCUT2D eigenvalue weighted by Crippen LogP contribution is -2.35. The van der Waals surface area contributed by atoms with Crippen molar-refractivity contribution in [3.8, 4) is 0 Å². The second kappa shape index (κ2) is 9.13. The summed E-state index contributed by atoms with van der Waals surface area (Å²) in [6, 6.07) is 8.04. The lowest BCUT2D eigenvalue weighted by atomic mass is 10.2. The zero-order valence-electron chi connectivity index (χ0n) is 16.3. The van der Waals surface area contributed by atoms with E-state index in [4.69, 9.17) is 0 Å². The van der Waals surface area contributed by atoms with Crippen molar-refractivity contribution in [2.24, 2.45) is 0 Å². The second-order valence-electron chi connectivity index (χ2n) is 6.26. The van der Waals surface area contributed by atoms with Gasteiger partial charge in [-0.15, -0.1) is 0 Å². The molecule has 0 fully saturated rings. The van der Waals surface area contributed by atoms with E-state index in [2.05, 4.69) is 4.98 Å². The largest absolute Gasteiger partial charge is 0.449 e. The average molecular weight is 510 g/mol. The van der Waals surface area contributed by atoms with E-state index >= 15 is 0 Å². The molecule has 1 heterocycles. The summed E-state index contributed by atoms with van der Waals surface area (Å²) in [7, 11) is 0. The van der Waals surface area contributed by atoms with Crippen molar-refractivity contribution in [2.45, 2.75) is 28.0 Å². The van der Waals surface area contributed by atoms with Gasteiger partial charge in [-0.1, -0.05) is 18.2 Å². The minimum absolute atomic E-state index is 0.0161. The first-order valence-electron chi connectivity index (χ1n) is 8.90. The summed E-state index contributed by atoms with van der Waals surface area (Å²) in [4.78, 5) is 27.7. The summed E-state index contributed by atoms with van der Waals surface area (Å²) in [5, 5.41) is 10.5. The molecule has 0 unspecified atom stereocenters. The molecule has 176 valence electrons. The molecule has 33 heavy (non-hydrogen) atoms. The number of thioether (sulfide) groups is 2. The number of non-ortho nitro benzene ring substituents is 1. The summed E-state index contributed by atoms with van der Waals surface area (Å²) in [5.74, 6) is 0. The zero-order chi connectivity index (χ0) is 24.6. The number of halogens is 6. The van der Waals surface area contributed by atoms with Gasteiger partial charge in [0, 0.05) is 35.0 Å². The molecule has 15 heteroatoms. The molecule has 3 aromatic rings. The van der Waals surface area contributed by atoms with E-state index in [1.807, 2.05) is 0 Å². The Morgan fingerprint density at radius 2 is 1.70 bits per heavy atom. The highest BCUT2D eigenvalue weighted by Crippen LogP contribution is 2.43. The predicted octanol–water partition coefficient (Wildman–Crippen LogP) is 6.66. The number of carbonyl (C=O) groups is 1. The molecule has 0 atom stereocenters. The topological polar surface area (TPSA) is 81.3 Å². The number of alkyl halides is 6. The highest BCUT2D eigenvalue weighted by Gasteiger charge is 2.37. The highest BCUT2D eigenvalue weighted by atomic mass is 32.2. The summed E-state index contributed by atoms with van der Waals surface area (Å²) >= 11 is -1.50. The molecule has 1 aromatic heterocycles. The third-order valence-electron chi connectivity index (χ3n) is 4.13. The van der Waals surface area contributed by atoms with Crippen LogP contribution >= 0.6 is 23.5 Å². The smallest absolute Gasteiger partial charge is 0.294 e. The first-order chi connectivity index (χ1) is 15.3. The van der Waals surface area contributed by atoms with Crippen LogP contribution in [-0.2, 0) is 0 Å². The Hall–Kier alpha value is -2.94. The van der Waals surface area contributed by atoms with Crippen LogP contribution in [0.3, 0.4) is 0 Å². The van der Waals surface area contributed by atoms with Crippen molar-refractivity contribution in [3.05, 3.63) is 52.6 Å². The van der Waals surface area contributed by atoms with Crippen molar-refractivity contribution in [2.75, 3.05) is 11.4 Å². The highest BCUT2D eigenvalue weighted by molar-refractivity contribution is 8.00. The molecule has 0 N–H and O–H groups in total. The van der Waals surface area contributed by atoms with Crippen LogP contribution in [0.4, 0.5) is 42.5 Å². The standard InChI is InChI=1S/C18H12F6N4O3S2/c1-2-26(10-6-4-3-5-7-10)16(29)27-12-8-11(32-17(19,20)21)9-13(28(30)31)14(12)25-15(27)33-18(22,23)24/h3-9H,2H2,1H3. The van der Waals surface area contributed by atoms with E-state index in [1.165, 1.54) is 19.1 Å². The first-order valence-corrected chi connectivity index (χ1v) is 10.5. The van der Waals surface area contributed by atoms with Gasteiger partial charge in [0.1, 0.15) is 0 Å². The van der Waals surface area contributed by atoms with Gasteiger partial charge in [-0.3, -0.25) is 15.0 Å².